The van der Waals surface area contributed by atoms with Crippen LogP contribution in [0.25, 0.3) is 10.9 Å². The second kappa shape index (κ2) is 10.1. The number of para-hydroxylation sites is 1. The molecule has 2 amide bonds. The van der Waals surface area contributed by atoms with Gasteiger partial charge in [-0.05, 0) is 49.7 Å². The fraction of sp³-hybridized carbons (Fsp3) is 0.462. The number of aromatic nitrogens is 2. The van der Waals surface area contributed by atoms with Crippen molar-refractivity contribution in [2.75, 3.05) is 20.2 Å². The number of benzene rings is 1. The summed E-state index contributed by atoms with van der Waals surface area (Å²) >= 11 is 0. The highest BCUT2D eigenvalue weighted by Gasteiger charge is 2.36. The first-order valence-electron chi connectivity index (χ1n) is 12.4. The summed E-state index contributed by atoms with van der Waals surface area (Å²) in [6, 6.07) is 8.06. The van der Waals surface area contributed by atoms with Crippen molar-refractivity contribution in [1.29, 1.82) is 0 Å². The number of nitrogens with one attached hydrogen (secondary N) is 2. The molecule has 1 unspecified atom stereocenters. The molecule has 1 aliphatic heterocycles. The first-order chi connectivity index (χ1) is 17.4. The van der Waals surface area contributed by atoms with E-state index in [1.807, 2.05) is 30.5 Å². The molecule has 1 aromatic carbocycles. The Balaban J connectivity index is 1.18. The number of ether oxygens (including phenoxy) is 1. The lowest BCUT2D eigenvalue weighted by Gasteiger charge is -2.36. The predicted molar refractivity (Wildman–Crippen MR) is 131 cm³/mol. The van der Waals surface area contributed by atoms with Crippen LogP contribution in [0.1, 0.15) is 53.4 Å². The lowest BCUT2D eigenvalue weighted by atomic mass is 9.88. The lowest BCUT2D eigenvalue weighted by Crippen LogP contribution is -2.53. The van der Waals surface area contributed by atoms with Crippen molar-refractivity contribution in [1.82, 2.24) is 20.4 Å². The third kappa shape index (κ3) is 4.99. The number of aromatic amines is 1. The molecule has 2 aliphatic rings. The largest absolute Gasteiger partial charge is 0.467 e. The summed E-state index contributed by atoms with van der Waals surface area (Å²) in [4.78, 5) is 43.3. The molecular weight excluding hydrogens is 462 g/mol. The molecule has 1 saturated carbocycles. The zero-order chi connectivity index (χ0) is 25.2. The molecule has 2 atom stereocenters. The van der Waals surface area contributed by atoms with Gasteiger partial charge in [0, 0.05) is 42.2 Å². The maximum Gasteiger partial charge on any atom is 0.328 e. The number of carbonyl (C=O) groups is 3. The molecule has 4 N–H and O–H groups in total. The molecule has 190 valence electrons. The number of rotatable bonds is 8. The molecule has 10 nitrogen and oxygen atoms in total. The molecule has 1 aliphatic carbocycles. The minimum absolute atomic E-state index is 0.118. The van der Waals surface area contributed by atoms with Crippen LogP contribution < -0.4 is 11.1 Å². The van der Waals surface area contributed by atoms with Crippen molar-refractivity contribution in [3.63, 3.8) is 0 Å². The van der Waals surface area contributed by atoms with Crippen LogP contribution in [0.15, 0.2) is 41.1 Å². The standard InChI is InChI=1S/C26H31N5O5/c1-35-26(34)23(29-24(32)21-13-22(36-30-21)15-6-7-15)16-8-10-31(11-9-16)25(33)19(27)12-17-14-28-20-5-3-2-4-18(17)20/h2-5,13-16,19,23,28H,6-12,27H2,1H3,(H,29,32)/t19-,23?/m1/s1. The number of esters is 1. The fourth-order valence-electron chi connectivity index (χ4n) is 4.98. The summed E-state index contributed by atoms with van der Waals surface area (Å²) in [5.74, 6) is -0.252. The van der Waals surface area contributed by atoms with E-state index in [-0.39, 0.29) is 17.5 Å². The number of nitrogens with two attached hydrogens (primary N) is 1. The van der Waals surface area contributed by atoms with Gasteiger partial charge >= 0.3 is 5.97 Å². The van der Waals surface area contributed by atoms with E-state index in [1.165, 1.54) is 7.11 Å². The average molecular weight is 494 g/mol. The minimum atomic E-state index is -0.833. The Morgan fingerprint density at radius 1 is 1.22 bits per heavy atom. The van der Waals surface area contributed by atoms with Gasteiger partial charge in [0.05, 0.1) is 13.2 Å². The van der Waals surface area contributed by atoms with Gasteiger partial charge in [0.1, 0.15) is 11.8 Å². The lowest BCUT2D eigenvalue weighted by molar-refractivity contribution is -0.145. The second-order valence-corrected chi connectivity index (χ2v) is 9.70. The molecule has 2 aromatic heterocycles. The smallest absolute Gasteiger partial charge is 0.328 e. The van der Waals surface area contributed by atoms with Crippen molar-refractivity contribution >= 4 is 28.7 Å². The van der Waals surface area contributed by atoms with Crippen LogP contribution >= 0.6 is 0 Å². The Kier molecular flexibility index (Phi) is 6.77. The fourth-order valence-corrected chi connectivity index (χ4v) is 4.98. The number of methoxy groups -OCH3 is 1. The summed E-state index contributed by atoms with van der Waals surface area (Å²) < 4.78 is 10.2. The number of likely N-dealkylation sites (tertiary alicyclic amines) is 1. The van der Waals surface area contributed by atoms with Crippen molar-refractivity contribution in [2.45, 2.75) is 50.1 Å². The van der Waals surface area contributed by atoms with Crippen LogP contribution in [0.4, 0.5) is 0 Å². The number of piperidine rings is 1. The Bertz CT molecular complexity index is 1250. The van der Waals surface area contributed by atoms with Gasteiger partial charge in [0.25, 0.3) is 5.91 Å². The summed E-state index contributed by atoms with van der Waals surface area (Å²) in [5, 5.41) is 7.69. The number of fused-ring (bicyclic) bond motifs is 1. The van der Waals surface area contributed by atoms with E-state index in [9.17, 15) is 14.4 Å². The van der Waals surface area contributed by atoms with E-state index in [1.54, 1.807) is 11.0 Å². The van der Waals surface area contributed by atoms with Gasteiger partial charge in [-0.15, -0.1) is 0 Å². The second-order valence-electron chi connectivity index (χ2n) is 9.70. The summed E-state index contributed by atoms with van der Waals surface area (Å²) in [7, 11) is 1.30. The third-order valence-electron chi connectivity index (χ3n) is 7.24. The molecule has 10 heteroatoms. The first kappa shape index (κ1) is 24.1. The molecule has 5 rings (SSSR count). The molecule has 0 spiro atoms. The van der Waals surface area contributed by atoms with Gasteiger partial charge in [0.2, 0.25) is 5.91 Å². The molecule has 0 bridgehead atoms. The van der Waals surface area contributed by atoms with Crippen LogP contribution in [0.2, 0.25) is 0 Å². The quantitative estimate of drug-likeness (QED) is 0.408. The zero-order valence-corrected chi connectivity index (χ0v) is 20.2. The average Bonchev–Trinajstić information content (AvgIpc) is 3.50. The molecule has 36 heavy (non-hydrogen) atoms. The van der Waals surface area contributed by atoms with Crippen LogP contribution in [0, 0.1) is 5.92 Å². The van der Waals surface area contributed by atoms with E-state index < -0.39 is 24.0 Å². The van der Waals surface area contributed by atoms with E-state index in [2.05, 4.69) is 15.5 Å². The SMILES string of the molecule is COC(=O)C(NC(=O)c1cc(C2CC2)on1)C1CCN(C(=O)[C@H](N)Cc2c[nH]c3ccccc23)CC1. The van der Waals surface area contributed by atoms with Gasteiger partial charge in [-0.2, -0.15) is 0 Å². The van der Waals surface area contributed by atoms with Crippen LogP contribution in [-0.2, 0) is 20.7 Å². The highest BCUT2D eigenvalue weighted by atomic mass is 16.5. The summed E-state index contributed by atoms with van der Waals surface area (Å²) in [5.41, 5.74) is 8.47. The number of nitrogens with zero attached hydrogens (tertiary/aromatic N) is 2. The highest BCUT2D eigenvalue weighted by molar-refractivity contribution is 5.95. The topological polar surface area (TPSA) is 144 Å². The molecule has 0 radical (unpaired) electrons. The van der Waals surface area contributed by atoms with Gasteiger partial charge < -0.3 is 30.2 Å². The van der Waals surface area contributed by atoms with Crippen LogP contribution in [0.3, 0.4) is 0 Å². The number of H-pyrrole nitrogens is 1. The Morgan fingerprint density at radius 3 is 2.69 bits per heavy atom. The van der Waals surface area contributed by atoms with Crippen molar-refractivity contribution < 1.29 is 23.6 Å². The number of carbonyl (C=O) groups excluding carboxylic acids is 3. The maximum atomic E-state index is 13.1. The Hall–Kier alpha value is -3.66. The van der Waals surface area contributed by atoms with Crippen molar-refractivity contribution in [2.24, 2.45) is 11.7 Å². The normalized spacial score (nSPS) is 18.1. The van der Waals surface area contributed by atoms with Crippen molar-refractivity contribution in [3.8, 4) is 0 Å². The first-order valence-corrected chi connectivity index (χ1v) is 12.4. The van der Waals surface area contributed by atoms with E-state index in [4.69, 9.17) is 15.0 Å². The van der Waals surface area contributed by atoms with Crippen LogP contribution in [-0.4, -0.2) is 65.1 Å². The Morgan fingerprint density at radius 2 is 1.97 bits per heavy atom. The van der Waals surface area contributed by atoms with Gasteiger partial charge in [0.15, 0.2) is 5.69 Å². The van der Waals surface area contributed by atoms with Gasteiger partial charge in [-0.1, -0.05) is 23.4 Å². The Labute approximate surface area is 208 Å². The number of hydrogen-bond donors (Lipinski definition) is 3. The molecular formula is C26H31N5O5. The molecule has 2 fully saturated rings. The maximum absolute atomic E-state index is 13.1. The van der Waals surface area contributed by atoms with E-state index in [0.29, 0.717) is 44.0 Å². The molecule has 1 saturated heterocycles. The van der Waals surface area contributed by atoms with Gasteiger partial charge in [-0.25, -0.2) is 4.79 Å². The monoisotopic (exact) mass is 493 g/mol. The minimum Gasteiger partial charge on any atom is -0.467 e. The molecule has 3 aromatic rings. The number of amides is 2. The van der Waals surface area contributed by atoms with E-state index >= 15 is 0 Å². The molecule has 3 heterocycles. The predicted octanol–water partition coefficient (Wildman–Crippen LogP) is 2.11. The highest BCUT2D eigenvalue weighted by Crippen LogP contribution is 2.40. The van der Waals surface area contributed by atoms with Gasteiger partial charge in [-0.3, -0.25) is 9.59 Å². The zero-order valence-electron chi connectivity index (χ0n) is 20.2. The summed E-state index contributed by atoms with van der Waals surface area (Å²) in [6.45, 7) is 0.897. The van der Waals surface area contributed by atoms with E-state index in [0.717, 1.165) is 29.3 Å². The third-order valence-corrected chi connectivity index (χ3v) is 7.24. The van der Waals surface area contributed by atoms with Crippen molar-refractivity contribution in [3.05, 3.63) is 53.5 Å². The summed E-state index contributed by atoms with van der Waals surface area (Å²) in [6.07, 6.45) is 5.48. The van der Waals surface area contributed by atoms with Crippen LogP contribution in [0.5, 0.6) is 0 Å². The number of hydrogen-bond acceptors (Lipinski definition) is 7.